The van der Waals surface area contributed by atoms with E-state index < -0.39 is 18.1 Å². The van der Waals surface area contributed by atoms with Gasteiger partial charge in [-0.2, -0.15) is 0 Å². The SMILES string of the molecule is CCOC(=O)[C@H](CCc1ccccc1)NC1CCCCN(CC(=O)O)C1=O. The Morgan fingerprint density at radius 3 is 2.70 bits per heavy atom. The molecule has 148 valence electrons. The molecule has 0 aliphatic carbocycles. The van der Waals surface area contributed by atoms with Gasteiger partial charge >= 0.3 is 11.9 Å². The summed E-state index contributed by atoms with van der Waals surface area (Å²) in [4.78, 5) is 37.5. The Hall–Kier alpha value is -2.41. The summed E-state index contributed by atoms with van der Waals surface area (Å²) < 4.78 is 5.17. The molecule has 2 rings (SSSR count). The number of nitrogens with one attached hydrogen (secondary N) is 1. The number of hydrogen-bond donors (Lipinski definition) is 2. The van der Waals surface area contributed by atoms with Crippen molar-refractivity contribution in [1.82, 2.24) is 10.2 Å². The number of aryl methyl sites for hydroxylation is 1. The van der Waals surface area contributed by atoms with E-state index in [0.29, 0.717) is 25.8 Å². The highest BCUT2D eigenvalue weighted by Crippen LogP contribution is 2.15. The zero-order valence-corrected chi connectivity index (χ0v) is 15.7. The number of hydrogen-bond acceptors (Lipinski definition) is 5. The number of carboxylic acids is 1. The maximum absolute atomic E-state index is 12.7. The first-order valence-electron chi connectivity index (χ1n) is 9.48. The van der Waals surface area contributed by atoms with Crippen LogP contribution in [0.5, 0.6) is 0 Å². The molecule has 27 heavy (non-hydrogen) atoms. The molecule has 1 saturated heterocycles. The first kappa shape index (κ1) is 20.9. The van der Waals surface area contributed by atoms with Crippen molar-refractivity contribution < 1.29 is 24.2 Å². The molecule has 1 fully saturated rings. The van der Waals surface area contributed by atoms with E-state index in [1.165, 1.54) is 4.90 Å². The molecule has 2 N–H and O–H groups in total. The van der Waals surface area contributed by atoms with Crippen LogP contribution in [0.1, 0.15) is 38.2 Å². The standard InChI is InChI=1S/C20H28N2O5/c1-2-27-20(26)17(12-11-15-8-4-3-5-9-15)21-16-10-6-7-13-22(19(16)25)14-18(23)24/h3-5,8-9,16-17,21H,2,6-7,10-14H2,1H3,(H,23,24)/t16?,17-/m0/s1. The van der Waals surface area contributed by atoms with E-state index in [1.807, 2.05) is 30.3 Å². The van der Waals surface area contributed by atoms with Crippen LogP contribution in [0.2, 0.25) is 0 Å². The number of benzene rings is 1. The number of ether oxygens (including phenoxy) is 1. The van der Waals surface area contributed by atoms with Crippen LogP contribution in [0.4, 0.5) is 0 Å². The molecule has 1 aromatic rings. The Kier molecular flexibility index (Phi) is 8.26. The van der Waals surface area contributed by atoms with Gasteiger partial charge in [-0.3, -0.25) is 19.7 Å². The first-order valence-corrected chi connectivity index (χ1v) is 9.48. The summed E-state index contributed by atoms with van der Waals surface area (Å²) in [5.74, 6) is -1.67. The Balaban J connectivity index is 2.06. The molecule has 1 aromatic carbocycles. The van der Waals surface area contributed by atoms with E-state index in [-0.39, 0.29) is 25.0 Å². The molecule has 7 nitrogen and oxygen atoms in total. The van der Waals surface area contributed by atoms with Crippen LogP contribution in [0, 0.1) is 0 Å². The second kappa shape index (κ2) is 10.7. The van der Waals surface area contributed by atoms with Gasteiger partial charge in [0.25, 0.3) is 0 Å². The van der Waals surface area contributed by atoms with Crippen LogP contribution < -0.4 is 5.32 Å². The van der Waals surface area contributed by atoms with E-state index in [4.69, 9.17) is 9.84 Å². The summed E-state index contributed by atoms with van der Waals surface area (Å²) in [5, 5.41) is 12.2. The van der Waals surface area contributed by atoms with Crippen LogP contribution >= 0.6 is 0 Å². The monoisotopic (exact) mass is 376 g/mol. The zero-order chi connectivity index (χ0) is 19.6. The lowest BCUT2D eigenvalue weighted by Crippen LogP contribution is -2.52. The van der Waals surface area contributed by atoms with E-state index in [0.717, 1.165) is 18.4 Å². The minimum absolute atomic E-state index is 0.260. The lowest BCUT2D eigenvalue weighted by Gasteiger charge is -2.26. The number of carboxylic acid groups (broad SMARTS) is 1. The van der Waals surface area contributed by atoms with Crippen molar-refractivity contribution in [3.05, 3.63) is 35.9 Å². The molecule has 1 aliphatic rings. The van der Waals surface area contributed by atoms with Gasteiger partial charge in [-0.15, -0.1) is 0 Å². The maximum Gasteiger partial charge on any atom is 0.323 e. The highest BCUT2D eigenvalue weighted by Gasteiger charge is 2.32. The third kappa shape index (κ3) is 6.67. The number of carbonyl (C=O) groups is 3. The molecule has 1 aliphatic heterocycles. The second-order valence-corrected chi connectivity index (χ2v) is 6.70. The Morgan fingerprint density at radius 2 is 2.04 bits per heavy atom. The molecular formula is C20H28N2O5. The van der Waals surface area contributed by atoms with Crippen LogP contribution in [-0.4, -0.2) is 59.6 Å². The van der Waals surface area contributed by atoms with Gasteiger partial charge in [-0.25, -0.2) is 0 Å². The fourth-order valence-electron chi connectivity index (χ4n) is 3.29. The van der Waals surface area contributed by atoms with Crippen LogP contribution in [-0.2, 0) is 25.5 Å². The molecule has 1 amide bonds. The maximum atomic E-state index is 12.7. The molecule has 0 saturated carbocycles. The smallest absolute Gasteiger partial charge is 0.323 e. The molecule has 2 atom stereocenters. The molecule has 1 heterocycles. The Morgan fingerprint density at radius 1 is 1.30 bits per heavy atom. The fraction of sp³-hybridized carbons (Fsp3) is 0.550. The largest absolute Gasteiger partial charge is 0.480 e. The molecule has 0 bridgehead atoms. The minimum atomic E-state index is -1.03. The quantitative estimate of drug-likeness (QED) is 0.636. The van der Waals surface area contributed by atoms with Crippen molar-refractivity contribution >= 4 is 17.8 Å². The summed E-state index contributed by atoms with van der Waals surface area (Å²) in [6.07, 6.45) is 3.32. The van der Waals surface area contributed by atoms with Gasteiger partial charge in [-0.1, -0.05) is 30.3 Å². The topological polar surface area (TPSA) is 95.9 Å². The van der Waals surface area contributed by atoms with E-state index >= 15 is 0 Å². The van der Waals surface area contributed by atoms with Crippen LogP contribution in [0.3, 0.4) is 0 Å². The van der Waals surface area contributed by atoms with Crippen LogP contribution in [0.15, 0.2) is 30.3 Å². The van der Waals surface area contributed by atoms with Crippen molar-refractivity contribution in [3.8, 4) is 0 Å². The molecular weight excluding hydrogens is 348 g/mol. The summed E-state index contributed by atoms with van der Waals surface area (Å²) in [6.45, 7) is 2.13. The van der Waals surface area contributed by atoms with E-state index in [2.05, 4.69) is 5.32 Å². The number of rotatable bonds is 9. The van der Waals surface area contributed by atoms with E-state index in [9.17, 15) is 14.4 Å². The lowest BCUT2D eigenvalue weighted by atomic mass is 10.0. The number of esters is 1. The first-order chi connectivity index (χ1) is 13.0. The Bertz CT molecular complexity index is 635. The van der Waals surface area contributed by atoms with Crippen molar-refractivity contribution in [2.45, 2.75) is 51.1 Å². The van der Waals surface area contributed by atoms with Gasteiger partial charge in [0, 0.05) is 6.54 Å². The lowest BCUT2D eigenvalue weighted by molar-refractivity contribution is -0.148. The molecule has 0 radical (unpaired) electrons. The molecule has 0 spiro atoms. The highest BCUT2D eigenvalue weighted by atomic mass is 16.5. The highest BCUT2D eigenvalue weighted by molar-refractivity contribution is 5.86. The third-order valence-electron chi connectivity index (χ3n) is 4.64. The van der Waals surface area contributed by atoms with Gasteiger partial charge < -0.3 is 14.7 Å². The van der Waals surface area contributed by atoms with Gasteiger partial charge in [0.15, 0.2) is 0 Å². The summed E-state index contributed by atoms with van der Waals surface area (Å²) in [5.41, 5.74) is 1.10. The summed E-state index contributed by atoms with van der Waals surface area (Å²) >= 11 is 0. The Labute approximate surface area is 159 Å². The van der Waals surface area contributed by atoms with E-state index in [1.54, 1.807) is 6.92 Å². The number of likely N-dealkylation sites (tertiary alicyclic amines) is 1. The van der Waals surface area contributed by atoms with Gasteiger partial charge in [0.05, 0.1) is 12.6 Å². The van der Waals surface area contributed by atoms with Gasteiger partial charge in [0.1, 0.15) is 12.6 Å². The van der Waals surface area contributed by atoms with Crippen LogP contribution in [0.25, 0.3) is 0 Å². The average Bonchev–Trinajstić information content (AvgIpc) is 2.81. The van der Waals surface area contributed by atoms with Crippen molar-refractivity contribution in [3.63, 3.8) is 0 Å². The summed E-state index contributed by atoms with van der Waals surface area (Å²) in [6, 6.07) is 8.63. The molecule has 1 unspecified atom stereocenters. The second-order valence-electron chi connectivity index (χ2n) is 6.70. The third-order valence-corrected chi connectivity index (χ3v) is 4.64. The van der Waals surface area contributed by atoms with Crippen molar-refractivity contribution in [1.29, 1.82) is 0 Å². The fourth-order valence-corrected chi connectivity index (χ4v) is 3.29. The molecule has 0 aromatic heterocycles. The normalized spacial score (nSPS) is 18.6. The predicted octanol–water partition coefficient (Wildman–Crippen LogP) is 1.61. The summed E-state index contributed by atoms with van der Waals surface area (Å²) in [7, 11) is 0. The number of nitrogens with zero attached hydrogens (tertiary/aromatic N) is 1. The van der Waals surface area contributed by atoms with Crippen molar-refractivity contribution in [2.75, 3.05) is 19.7 Å². The zero-order valence-electron chi connectivity index (χ0n) is 15.7. The van der Waals surface area contributed by atoms with Gasteiger partial charge in [0.2, 0.25) is 5.91 Å². The van der Waals surface area contributed by atoms with Crippen molar-refractivity contribution in [2.24, 2.45) is 0 Å². The van der Waals surface area contributed by atoms with Gasteiger partial charge in [-0.05, 0) is 44.6 Å². The molecule has 7 heteroatoms. The number of amides is 1. The number of carbonyl (C=O) groups excluding carboxylic acids is 2. The average molecular weight is 376 g/mol. The minimum Gasteiger partial charge on any atom is -0.480 e. The predicted molar refractivity (Wildman–Crippen MR) is 100 cm³/mol. The number of aliphatic carboxylic acids is 1.